The standard InChI is InChI=1S/C61H39N3O/c1-3-14-40(15-4-1)42-32-36-46(37-33-42)59-62-60(50-23-10-22-49(39-50)52-25-11-19-44-18-7-8-24-51(44)52)64-61(63-59)55-28-13-29-56-57(55)54-27-12-26-53(58(54)65-56)45-34-30-43(31-35-45)48-21-9-20-47(38-48)41-16-5-2-6-17-41/h1-39H. The molecule has 0 aliphatic rings. The van der Waals surface area contributed by atoms with Gasteiger partial charge in [-0.15, -0.1) is 0 Å². The molecule has 0 saturated heterocycles. The number of rotatable bonds is 8. The largest absolute Gasteiger partial charge is 0.455 e. The molecule has 0 atom stereocenters. The second kappa shape index (κ2) is 16.2. The number of fused-ring (bicyclic) bond motifs is 4. The summed E-state index contributed by atoms with van der Waals surface area (Å²) in [5.74, 6) is 1.77. The Morgan fingerprint density at radius 3 is 1.46 bits per heavy atom. The van der Waals surface area contributed by atoms with Crippen molar-refractivity contribution in [3.05, 3.63) is 237 Å². The van der Waals surface area contributed by atoms with Crippen molar-refractivity contribution in [1.82, 2.24) is 15.0 Å². The van der Waals surface area contributed by atoms with Gasteiger partial charge in [0.15, 0.2) is 17.5 Å². The van der Waals surface area contributed by atoms with E-state index in [-0.39, 0.29) is 0 Å². The highest BCUT2D eigenvalue weighted by molar-refractivity contribution is 6.15. The molecule has 2 heterocycles. The van der Waals surface area contributed by atoms with Crippen molar-refractivity contribution in [3.63, 3.8) is 0 Å². The van der Waals surface area contributed by atoms with Crippen molar-refractivity contribution >= 4 is 32.7 Å². The van der Waals surface area contributed by atoms with E-state index < -0.39 is 0 Å². The van der Waals surface area contributed by atoms with Crippen molar-refractivity contribution in [2.75, 3.05) is 0 Å². The fraction of sp³-hybridized carbons (Fsp3) is 0. The third-order valence-corrected chi connectivity index (χ3v) is 12.4. The fourth-order valence-corrected chi connectivity index (χ4v) is 9.11. The Hall–Kier alpha value is -8.73. The van der Waals surface area contributed by atoms with Gasteiger partial charge in [-0.25, -0.2) is 15.0 Å². The Kier molecular flexibility index (Phi) is 9.46. The molecular weight excluding hydrogens is 791 g/mol. The van der Waals surface area contributed by atoms with Crippen LogP contribution in [-0.2, 0) is 0 Å². The van der Waals surface area contributed by atoms with Crippen LogP contribution >= 0.6 is 0 Å². The van der Waals surface area contributed by atoms with Crippen LogP contribution in [0.25, 0.3) is 123 Å². The molecule has 0 spiro atoms. The lowest BCUT2D eigenvalue weighted by molar-refractivity contribution is 0.670. The molecule has 65 heavy (non-hydrogen) atoms. The van der Waals surface area contributed by atoms with E-state index >= 15 is 0 Å². The van der Waals surface area contributed by atoms with E-state index in [0.29, 0.717) is 17.5 Å². The number of para-hydroxylation sites is 1. The van der Waals surface area contributed by atoms with Crippen molar-refractivity contribution in [1.29, 1.82) is 0 Å². The number of nitrogens with zero attached hydrogens (tertiary/aromatic N) is 3. The highest BCUT2D eigenvalue weighted by atomic mass is 16.3. The summed E-state index contributed by atoms with van der Waals surface area (Å²) >= 11 is 0. The molecule has 0 unspecified atom stereocenters. The van der Waals surface area contributed by atoms with Gasteiger partial charge in [0.05, 0.1) is 0 Å². The third-order valence-electron chi connectivity index (χ3n) is 12.4. The average Bonchev–Trinajstić information content (AvgIpc) is 3.78. The first kappa shape index (κ1) is 38.0. The first-order chi connectivity index (χ1) is 32.2. The molecule has 12 rings (SSSR count). The van der Waals surface area contributed by atoms with Gasteiger partial charge >= 0.3 is 0 Å². The minimum atomic E-state index is 0.577. The van der Waals surface area contributed by atoms with Crippen LogP contribution < -0.4 is 0 Å². The molecule has 0 bridgehead atoms. The van der Waals surface area contributed by atoms with E-state index in [1.165, 1.54) is 27.5 Å². The first-order valence-electron chi connectivity index (χ1n) is 21.9. The summed E-state index contributed by atoms with van der Waals surface area (Å²) in [5.41, 5.74) is 15.7. The van der Waals surface area contributed by atoms with Gasteiger partial charge in [0.1, 0.15) is 11.2 Å². The molecule has 304 valence electrons. The maximum absolute atomic E-state index is 6.79. The monoisotopic (exact) mass is 829 g/mol. The molecule has 10 aromatic carbocycles. The van der Waals surface area contributed by atoms with Crippen LogP contribution in [0.5, 0.6) is 0 Å². The summed E-state index contributed by atoms with van der Waals surface area (Å²) in [7, 11) is 0. The molecule has 4 nitrogen and oxygen atoms in total. The van der Waals surface area contributed by atoms with Crippen molar-refractivity contribution in [3.8, 4) is 89.8 Å². The third kappa shape index (κ3) is 7.13. The van der Waals surface area contributed by atoms with E-state index in [1.807, 2.05) is 18.2 Å². The van der Waals surface area contributed by atoms with Gasteiger partial charge in [0, 0.05) is 33.0 Å². The smallest absolute Gasteiger partial charge is 0.164 e. The lowest BCUT2D eigenvalue weighted by atomic mass is 9.96. The number of aromatic nitrogens is 3. The maximum Gasteiger partial charge on any atom is 0.164 e. The topological polar surface area (TPSA) is 51.8 Å². The van der Waals surface area contributed by atoms with Crippen LogP contribution in [0.4, 0.5) is 0 Å². The van der Waals surface area contributed by atoms with Gasteiger partial charge in [0.2, 0.25) is 0 Å². The van der Waals surface area contributed by atoms with Gasteiger partial charge in [-0.2, -0.15) is 0 Å². The summed E-state index contributed by atoms with van der Waals surface area (Å²) in [6.07, 6.45) is 0. The zero-order valence-corrected chi connectivity index (χ0v) is 35.3. The zero-order valence-electron chi connectivity index (χ0n) is 35.3. The molecule has 0 fully saturated rings. The molecule has 0 N–H and O–H groups in total. The average molecular weight is 830 g/mol. The highest BCUT2D eigenvalue weighted by Crippen LogP contribution is 2.41. The van der Waals surface area contributed by atoms with Crippen molar-refractivity contribution in [2.45, 2.75) is 0 Å². The Morgan fingerprint density at radius 1 is 0.262 bits per heavy atom. The minimum Gasteiger partial charge on any atom is -0.455 e. The van der Waals surface area contributed by atoms with Gasteiger partial charge in [-0.05, 0) is 79.0 Å². The summed E-state index contributed by atoms with van der Waals surface area (Å²) in [6, 6.07) is 82.9. The van der Waals surface area contributed by atoms with Gasteiger partial charge in [-0.3, -0.25) is 0 Å². The number of hydrogen-bond donors (Lipinski definition) is 0. The summed E-state index contributed by atoms with van der Waals surface area (Å²) in [5, 5.41) is 4.36. The van der Waals surface area contributed by atoms with E-state index in [1.54, 1.807) is 0 Å². The van der Waals surface area contributed by atoms with Gasteiger partial charge in [-0.1, -0.05) is 218 Å². The Labute approximate surface area is 376 Å². The fourth-order valence-electron chi connectivity index (χ4n) is 9.11. The van der Waals surface area contributed by atoms with E-state index in [9.17, 15) is 0 Å². The second-order valence-corrected chi connectivity index (χ2v) is 16.3. The van der Waals surface area contributed by atoms with Gasteiger partial charge < -0.3 is 4.42 Å². The van der Waals surface area contributed by atoms with Crippen LogP contribution in [0.1, 0.15) is 0 Å². The molecule has 0 aliphatic heterocycles. The number of furan rings is 1. The summed E-state index contributed by atoms with van der Waals surface area (Å²) in [4.78, 5) is 15.7. The van der Waals surface area contributed by atoms with E-state index in [0.717, 1.165) is 77.6 Å². The molecule has 0 aliphatic carbocycles. The number of hydrogen-bond acceptors (Lipinski definition) is 4. The van der Waals surface area contributed by atoms with Gasteiger partial charge in [0.25, 0.3) is 0 Å². The zero-order chi connectivity index (χ0) is 43.1. The van der Waals surface area contributed by atoms with Crippen molar-refractivity contribution < 1.29 is 4.42 Å². The Balaban J connectivity index is 0.971. The van der Waals surface area contributed by atoms with Crippen LogP contribution in [0.15, 0.2) is 241 Å². The quantitative estimate of drug-likeness (QED) is 0.153. The first-order valence-corrected chi connectivity index (χ1v) is 21.9. The van der Waals surface area contributed by atoms with Crippen molar-refractivity contribution in [2.24, 2.45) is 0 Å². The molecule has 0 amide bonds. The minimum absolute atomic E-state index is 0.577. The highest BCUT2D eigenvalue weighted by Gasteiger charge is 2.20. The van der Waals surface area contributed by atoms with E-state index in [2.05, 4.69) is 218 Å². The SMILES string of the molecule is c1ccc(-c2ccc(-c3nc(-c4cccc(-c5cccc6ccccc56)c4)nc(-c4cccc5oc6c(-c7ccc(-c8cccc(-c9ccccc9)c8)cc7)cccc6c45)n3)cc2)cc1. The lowest BCUT2D eigenvalue weighted by Gasteiger charge is -2.11. The van der Waals surface area contributed by atoms with E-state index in [4.69, 9.17) is 19.4 Å². The summed E-state index contributed by atoms with van der Waals surface area (Å²) < 4.78 is 6.79. The molecule has 4 heteroatoms. The molecule has 0 saturated carbocycles. The predicted octanol–water partition coefficient (Wildman–Crippen LogP) is 16.3. The molecule has 2 aromatic heterocycles. The van der Waals surface area contributed by atoms with Crippen LogP contribution in [0.3, 0.4) is 0 Å². The summed E-state index contributed by atoms with van der Waals surface area (Å²) in [6.45, 7) is 0. The normalized spacial score (nSPS) is 11.4. The molecule has 12 aromatic rings. The van der Waals surface area contributed by atoms with Crippen LogP contribution in [0, 0.1) is 0 Å². The lowest BCUT2D eigenvalue weighted by Crippen LogP contribution is -2.00. The maximum atomic E-state index is 6.79. The second-order valence-electron chi connectivity index (χ2n) is 16.3. The molecular formula is C61H39N3O. The Morgan fingerprint density at radius 2 is 0.708 bits per heavy atom. The van der Waals surface area contributed by atoms with Crippen LogP contribution in [-0.4, -0.2) is 15.0 Å². The Bertz CT molecular complexity index is 3680. The number of benzene rings is 10. The molecule has 0 radical (unpaired) electrons. The predicted molar refractivity (Wildman–Crippen MR) is 268 cm³/mol. The van der Waals surface area contributed by atoms with Crippen LogP contribution in [0.2, 0.25) is 0 Å².